The van der Waals surface area contributed by atoms with Gasteiger partial charge in [0, 0.05) is 23.6 Å². The minimum absolute atomic E-state index is 0.0518. The Morgan fingerprint density at radius 1 is 0.480 bits per heavy atom. The lowest BCUT2D eigenvalue weighted by molar-refractivity contribution is -0.114. The second kappa shape index (κ2) is 15.2. The van der Waals surface area contributed by atoms with Crippen molar-refractivity contribution < 1.29 is 19.8 Å². The molecule has 6 rings (SSSR count). The molecule has 0 saturated carbocycles. The first kappa shape index (κ1) is 33.5. The second-order valence-corrected chi connectivity index (χ2v) is 12.0. The summed E-state index contributed by atoms with van der Waals surface area (Å²) in [6.07, 6.45) is 2.83. The lowest BCUT2D eigenvalue weighted by Gasteiger charge is -2.22. The quantitative estimate of drug-likeness (QED) is 0.0824. The molecule has 50 heavy (non-hydrogen) atoms. The summed E-state index contributed by atoms with van der Waals surface area (Å²) in [7, 11) is 0. The number of carbonyl (C=O) groups is 2. The average Bonchev–Trinajstić information content (AvgIpc) is 3.15. The van der Waals surface area contributed by atoms with Gasteiger partial charge < -0.3 is 10.2 Å². The Labute approximate surface area is 291 Å². The number of aliphatic hydroxyl groups excluding tert-OH is 2. The van der Waals surface area contributed by atoms with Gasteiger partial charge in [0.1, 0.15) is 23.6 Å². The molecule has 2 N–H and O–H groups in total. The number of aliphatic imine (C=N–C) groups is 2. The first-order valence-corrected chi connectivity index (χ1v) is 16.3. The number of nitrogens with zero attached hydrogens (tertiary/aromatic N) is 2. The standard InChI is InChI=1S/C44H36N2O4/c1-29(47)39(43(49)37-25-13-21-31-15-9-11-23-35(31)37)27-45-41(33-17-5-3-6-18-33)42(34-19-7-4-8-20-34)46-28-40(30(2)48)44(50)38-26-14-22-32-16-10-12-24-36(32)38/h3-28,41-42,49-50H,1-2H3/t41-,42-/m0/s1. The van der Waals surface area contributed by atoms with Gasteiger partial charge in [-0.2, -0.15) is 0 Å². The SMILES string of the molecule is CC(=O)C(C=N[C@@H](c1ccccc1)[C@@H](N=CC(C(C)=O)=C(O)c1cccc2ccccc12)c1ccccc1)=C(O)c1cccc2ccccc12. The van der Waals surface area contributed by atoms with Crippen LogP contribution in [0.1, 0.15) is 48.2 Å². The van der Waals surface area contributed by atoms with Gasteiger partial charge in [-0.05, 0) is 46.5 Å². The van der Waals surface area contributed by atoms with Crippen LogP contribution in [0.2, 0.25) is 0 Å². The van der Waals surface area contributed by atoms with Crippen molar-refractivity contribution in [1.29, 1.82) is 0 Å². The molecule has 6 aromatic carbocycles. The van der Waals surface area contributed by atoms with Crippen LogP contribution >= 0.6 is 0 Å². The van der Waals surface area contributed by atoms with Crippen LogP contribution in [0.5, 0.6) is 0 Å². The lowest BCUT2D eigenvalue weighted by atomic mass is 9.93. The number of benzene rings is 6. The van der Waals surface area contributed by atoms with Crippen LogP contribution in [-0.2, 0) is 9.59 Å². The van der Waals surface area contributed by atoms with Gasteiger partial charge >= 0.3 is 0 Å². The molecule has 2 atom stereocenters. The van der Waals surface area contributed by atoms with Crippen LogP contribution in [0.3, 0.4) is 0 Å². The summed E-state index contributed by atoms with van der Waals surface area (Å²) in [5.41, 5.74) is 2.75. The molecule has 0 amide bonds. The van der Waals surface area contributed by atoms with E-state index in [-0.39, 0.29) is 34.2 Å². The van der Waals surface area contributed by atoms with E-state index < -0.39 is 12.1 Å². The zero-order valence-electron chi connectivity index (χ0n) is 27.8. The first-order chi connectivity index (χ1) is 24.3. The fourth-order valence-corrected chi connectivity index (χ4v) is 6.10. The molecule has 6 heteroatoms. The van der Waals surface area contributed by atoms with Crippen LogP contribution in [0.25, 0.3) is 33.1 Å². The summed E-state index contributed by atoms with van der Waals surface area (Å²) >= 11 is 0. The van der Waals surface area contributed by atoms with Crippen molar-refractivity contribution in [1.82, 2.24) is 0 Å². The van der Waals surface area contributed by atoms with Crippen molar-refractivity contribution in [3.8, 4) is 0 Å². The first-order valence-electron chi connectivity index (χ1n) is 16.3. The summed E-state index contributed by atoms with van der Waals surface area (Å²) in [6.45, 7) is 2.79. The number of hydrogen-bond donors (Lipinski definition) is 2. The fourth-order valence-electron chi connectivity index (χ4n) is 6.10. The van der Waals surface area contributed by atoms with E-state index in [0.717, 1.165) is 32.7 Å². The highest BCUT2D eigenvalue weighted by Gasteiger charge is 2.25. The Balaban J connectivity index is 1.50. The zero-order chi connectivity index (χ0) is 35.0. The average molecular weight is 657 g/mol. The van der Waals surface area contributed by atoms with Gasteiger partial charge in [0.25, 0.3) is 0 Å². The third kappa shape index (κ3) is 7.20. The molecule has 0 radical (unpaired) electrons. The molecular formula is C44H36N2O4. The molecule has 246 valence electrons. The monoisotopic (exact) mass is 656 g/mol. The number of ketones is 2. The third-order valence-corrected chi connectivity index (χ3v) is 8.67. The molecule has 6 nitrogen and oxygen atoms in total. The largest absolute Gasteiger partial charge is 0.506 e. The number of Topliss-reactive ketones (excluding diaryl/α,β-unsaturated/α-hetero) is 2. The number of allylic oxidation sites excluding steroid dienone is 2. The van der Waals surface area contributed by atoms with Gasteiger partial charge in [0.2, 0.25) is 0 Å². The molecule has 0 unspecified atom stereocenters. The van der Waals surface area contributed by atoms with Gasteiger partial charge in [-0.1, -0.05) is 146 Å². The number of aliphatic hydroxyl groups is 2. The Bertz CT molecular complexity index is 2130. The molecule has 0 bridgehead atoms. The maximum atomic E-state index is 13.1. The fraction of sp³-hybridized carbons (Fsp3) is 0.0909. The Morgan fingerprint density at radius 3 is 1.20 bits per heavy atom. The smallest absolute Gasteiger partial charge is 0.165 e. The topological polar surface area (TPSA) is 99.3 Å². The van der Waals surface area contributed by atoms with E-state index in [9.17, 15) is 19.8 Å². The summed E-state index contributed by atoms with van der Waals surface area (Å²) in [5.74, 6) is -1.06. The summed E-state index contributed by atoms with van der Waals surface area (Å²) < 4.78 is 0. The van der Waals surface area contributed by atoms with Crippen LogP contribution in [0.4, 0.5) is 0 Å². The highest BCUT2D eigenvalue weighted by Crippen LogP contribution is 2.36. The molecule has 6 aromatic rings. The van der Waals surface area contributed by atoms with E-state index in [1.165, 1.54) is 26.3 Å². The zero-order valence-corrected chi connectivity index (χ0v) is 27.8. The van der Waals surface area contributed by atoms with Gasteiger partial charge in [0.05, 0.1) is 11.1 Å². The number of carbonyl (C=O) groups excluding carboxylic acids is 2. The lowest BCUT2D eigenvalue weighted by Crippen LogP contribution is -2.12. The molecule has 0 spiro atoms. The highest BCUT2D eigenvalue weighted by molar-refractivity contribution is 6.19. The van der Waals surface area contributed by atoms with Gasteiger partial charge in [0.15, 0.2) is 11.6 Å². The highest BCUT2D eigenvalue weighted by atomic mass is 16.3. The van der Waals surface area contributed by atoms with Crippen LogP contribution in [-0.4, -0.2) is 34.2 Å². The summed E-state index contributed by atoms with van der Waals surface area (Å²) in [4.78, 5) is 36.0. The Kier molecular flexibility index (Phi) is 10.2. The Morgan fingerprint density at radius 2 is 0.820 bits per heavy atom. The van der Waals surface area contributed by atoms with E-state index in [0.29, 0.717) is 11.1 Å². The molecule has 0 heterocycles. The molecule has 0 aliphatic heterocycles. The number of rotatable bonds is 11. The van der Waals surface area contributed by atoms with E-state index in [4.69, 9.17) is 9.98 Å². The second-order valence-electron chi connectivity index (χ2n) is 12.0. The van der Waals surface area contributed by atoms with Crippen LogP contribution in [0, 0.1) is 0 Å². The maximum absolute atomic E-state index is 13.1. The molecule has 0 fully saturated rings. The van der Waals surface area contributed by atoms with Gasteiger partial charge in [-0.3, -0.25) is 19.6 Å². The van der Waals surface area contributed by atoms with Crippen molar-refractivity contribution in [3.05, 3.63) is 179 Å². The van der Waals surface area contributed by atoms with Crippen molar-refractivity contribution >= 4 is 57.1 Å². The van der Waals surface area contributed by atoms with Crippen molar-refractivity contribution in [2.45, 2.75) is 25.9 Å². The minimum Gasteiger partial charge on any atom is -0.506 e. The van der Waals surface area contributed by atoms with Crippen molar-refractivity contribution in [2.75, 3.05) is 0 Å². The molecule has 0 aliphatic carbocycles. The molecule has 0 aliphatic rings. The van der Waals surface area contributed by atoms with Crippen LogP contribution < -0.4 is 0 Å². The Hall–Kier alpha value is -6.40. The molecular weight excluding hydrogens is 620 g/mol. The van der Waals surface area contributed by atoms with Crippen molar-refractivity contribution in [3.63, 3.8) is 0 Å². The van der Waals surface area contributed by atoms with Gasteiger partial charge in [-0.25, -0.2) is 0 Å². The van der Waals surface area contributed by atoms with E-state index in [1.54, 1.807) is 12.1 Å². The number of fused-ring (bicyclic) bond motifs is 2. The normalized spacial score (nSPS) is 14.0. The van der Waals surface area contributed by atoms with E-state index in [2.05, 4.69) is 0 Å². The van der Waals surface area contributed by atoms with Crippen molar-refractivity contribution in [2.24, 2.45) is 9.98 Å². The minimum atomic E-state index is -0.683. The number of hydrogen-bond acceptors (Lipinski definition) is 6. The predicted molar refractivity (Wildman–Crippen MR) is 204 cm³/mol. The third-order valence-electron chi connectivity index (χ3n) is 8.67. The van der Waals surface area contributed by atoms with E-state index >= 15 is 0 Å². The van der Waals surface area contributed by atoms with Gasteiger partial charge in [-0.15, -0.1) is 0 Å². The molecule has 0 saturated heterocycles. The summed E-state index contributed by atoms with van der Waals surface area (Å²) in [5, 5.41) is 26.5. The predicted octanol–water partition coefficient (Wildman–Crippen LogP) is 10.0. The van der Waals surface area contributed by atoms with E-state index in [1.807, 2.05) is 133 Å². The maximum Gasteiger partial charge on any atom is 0.165 e. The van der Waals surface area contributed by atoms with Crippen LogP contribution in [0.15, 0.2) is 167 Å². The molecule has 0 aromatic heterocycles. The summed E-state index contributed by atoms with van der Waals surface area (Å²) in [6, 6.07) is 44.1.